The van der Waals surface area contributed by atoms with Gasteiger partial charge in [0.25, 0.3) is 11.8 Å². The highest BCUT2D eigenvalue weighted by Crippen LogP contribution is 2.37. The zero-order valence-corrected chi connectivity index (χ0v) is 17.5. The predicted octanol–water partition coefficient (Wildman–Crippen LogP) is 4.02. The summed E-state index contributed by atoms with van der Waals surface area (Å²) in [6.45, 7) is 2.44. The van der Waals surface area contributed by atoms with Crippen LogP contribution < -0.4 is 24.4 Å². The second-order valence-electron chi connectivity index (χ2n) is 7.69. The number of amides is 2. The number of nitrogens with zero attached hydrogens (tertiary/aromatic N) is 1. The van der Waals surface area contributed by atoms with Crippen molar-refractivity contribution in [2.24, 2.45) is 0 Å². The summed E-state index contributed by atoms with van der Waals surface area (Å²) in [5, 5.41) is 2.88. The van der Waals surface area contributed by atoms with Gasteiger partial charge in [0.05, 0.1) is 5.69 Å². The molecule has 1 atom stereocenters. The second-order valence-corrected chi connectivity index (χ2v) is 7.69. The van der Waals surface area contributed by atoms with Gasteiger partial charge in [-0.15, -0.1) is 0 Å². The Morgan fingerprint density at radius 2 is 1.81 bits per heavy atom. The molecule has 3 aromatic rings. The van der Waals surface area contributed by atoms with Crippen molar-refractivity contribution in [1.29, 1.82) is 0 Å². The molecule has 5 rings (SSSR count). The molecule has 0 radical (unpaired) electrons. The average molecular weight is 430 g/mol. The maximum Gasteiger partial charge on any atom is 0.267 e. The molecule has 1 unspecified atom stereocenters. The van der Waals surface area contributed by atoms with E-state index in [1.165, 1.54) is 0 Å². The fourth-order valence-corrected chi connectivity index (χ4v) is 3.85. The molecule has 2 amide bonds. The number of fused-ring (bicyclic) bond motifs is 2. The first-order valence-corrected chi connectivity index (χ1v) is 10.5. The van der Waals surface area contributed by atoms with Crippen molar-refractivity contribution in [2.75, 3.05) is 23.6 Å². The zero-order valence-electron chi connectivity index (χ0n) is 17.5. The Morgan fingerprint density at radius 1 is 1.00 bits per heavy atom. The number of benzene rings is 3. The number of nitrogens with one attached hydrogen (secondary N) is 1. The van der Waals surface area contributed by atoms with Crippen LogP contribution in [0.5, 0.6) is 17.2 Å². The molecule has 2 aliphatic heterocycles. The maximum absolute atomic E-state index is 12.8. The van der Waals surface area contributed by atoms with Crippen molar-refractivity contribution in [2.45, 2.75) is 19.4 Å². The van der Waals surface area contributed by atoms with E-state index in [4.69, 9.17) is 14.2 Å². The summed E-state index contributed by atoms with van der Waals surface area (Å²) in [5.74, 6) is 1.38. The van der Waals surface area contributed by atoms with Crippen LogP contribution in [0.1, 0.15) is 22.8 Å². The fourth-order valence-electron chi connectivity index (χ4n) is 3.85. The van der Waals surface area contributed by atoms with E-state index >= 15 is 0 Å². The SMILES string of the molecule is CC1Oc2cc(NC(=O)c3ccc4c(c3)OCO4)ccc2N(CCc2ccccc2)C1=O. The van der Waals surface area contributed by atoms with Gasteiger partial charge < -0.3 is 24.4 Å². The Labute approximate surface area is 185 Å². The number of hydrogen-bond acceptors (Lipinski definition) is 5. The van der Waals surface area contributed by atoms with E-state index < -0.39 is 6.10 Å². The van der Waals surface area contributed by atoms with Gasteiger partial charge in [0.1, 0.15) is 5.75 Å². The highest BCUT2D eigenvalue weighted by Gasteiger charge is 2.31. The summed E-state index contributed by atoms with van der Waals surface area (Å²) in [4.78, 5) is 27.2. The van der Waals surface area contributed by atoms with Crippen molar-refractivity contribution < 1.29 is 23.8 Å². The monoisotopic (exact) mass is 430 g/mol. The van der Waals surface area contributed by atoms with Crippen molar-refractivity contribution in [3.8, 4) is 17.2 Å². The summed E-state index contributed by atoms with van der Waals surface area (Å²) >= 11 is 0. The van der Waals surface area contributed by atoms with Gasteiger partial charge in [-0.1, -0.05) is 30.3 Å². The van der Waals surface area contributed by atoms with E-state index in [-0.39, 0.29) is 18.6 Å². The molecule has 0 aliphatic carbocycles. The van der Waals surface area contributed by atoms with Crippen molar-refractivity contribution in [3.05, 3.63) is 77.9 Å². The smallest absolute Gasteiger partial charge is 0.267 e. The molecule has 32 heavy (non-hydrogen) atoms. The van der Waals surface area contributed by atoms with Crippen LogP contribution in [0.25, 0.3) is 0 Å². The minimum Gasteiger partial charge on any atom is -0.479 e. The first kappa shape index (κ1) is 19.9. The summed E-state index contributed by atoms with van der Waals surface area (Å²) in [6.07, 6.45) is 0.138. The predicted molar refractivity (Wildman–Crippen MR) is 120 cm³/mol. The first-order valence-electron chi connectivity index (χ1n) is 10.5. The third kappa shape index (κ3) is 3.85. The van der Waals surface area contributed by atoms with Gasteiger partial charge in [-0.25, -0.2) is 0 Å². The molecule has 0 spiro atoms. The zero-order chi connectivity index (χ0) is 22.1. The quantitative estimate of drug-likeness (QED) is 0.662. The maximum atomic E-state index is 12.8. The lowest BCUT2D eigenvalue weighted by Gasteiger charge is -2.33. The van der Waals surface area contributed by atoms with Gasteiger partial charge in [0.15, 0.2) is 17.6 Å². The lowest BCUT2D eigenvalue weighted by atomic mass is 10.1. The molecule has 1 N–H and O–H groups in total. The molecule has 162 valence electrons. The normalized spacial score (nSPS) is 16.3. The minimum absolute atomic E-state index is 0.0782. The summed E-state index contributed by atoms with van der Waals surface area (Å²) < 4.78 is 16.5. The van der Waals surface area contributed by atoms with E-state index in [2.05, 4.69) is 5.32 Å². The molecule has 3 aromatic carbocycles. The third-order valence-corrected chi connectivity index (χ3v) is 5.53. The Morgan fingerprint density at radius 3 is 2.66 bits per heavy atom. The molecule has 0 saturated carbocycles. The van der Waals surface area contributed by atoms with Crippen LogP contribution in [0, 0.1) is 0 Å². The lowest BCUT2D eigenvalue weighted by Crippen LogP contribution is -2.45. The molecule has 0 fully saturated rings. The van der Waals surface area contributed by atoms with Gasteiger partial charge in [0.2, 0.25) is 6.79 Å². The topological polar surface area (TPSA) is 77.1 Å². The third-order valence-electron chi connectivity index (χ3n) is 5.53. The van der Waals surface area contributed by atoms with Crippen LogP contribution in [0.4, 0.5) is 11.4 Å². The lowest BCUT2D eigenvalue weighted by molar-refractivity contribution is -0.125. The molecule has 0 saturated heterocycles. The van der Waals surface area contributed by atoms with E-state index in [0.717, 1.165) is 12.0 Å². The summed E-state index contributed by atoms with van der Waals surface area (Å²) in [5.41, 5.74) is 2.90. The van der Waals surface area contributed by atoms with Crippen LogP contribution in [0.2, 0.25) is 0 Å². The Bertz CT molecular complexity index is 1180. The van der Waals surface area contributed by atoms with E-state index in [1.54, 1.807) is 48.2 Å². The number of carbonyl (C=O) groups excluding carboxylic acids is 2. The van der Waals surface area contributed by atoms with Crippen LogP contribution in [0.15, 0.2) is 66.7 Å². The first-order chi connectivity index (χ1) is 15.6. The van der Waals surface area contributed by atoms with Crippen molar-refractivity contribution in [1.82, 2.24) is 0 Å². The number of rotatable bonds is 5. The summed E-state index contributed by atoms with van der Waals surface area (Å²) in [7, 11) is 0. The Hall–Kier alpha value is -4.00. The Balaban J connectivity index is 1.34. The number of hydrogen-bond donors (Lipinski definition) is 1. The molecule has 7 heteroatoms. The van der Waals surface area contributed by atoms with Gasteiger partial charge in [-0.2, -0.15) is 0 Å². The summed E-state index contributed by atoms with van der Waals surface area (Å²) in [6, 6.07) is 20.4. The molecular formula is C25H22N2O5. The van der Waals surface area contributed by atoms with E-state index in [0.29, 0.717) is 40.7 Å². The molecule has 0 bridgehead atoms. The molecule has 2 heterocycles. The van der Waals surface area contributed by atoms with Crippen LogP contribution >= 0.6 is 0 Å². The van der Waals surface area contributed by atoms with Crippen molar-refractivity contribution in [3.63, 3.8) is 0 Å². The van der Waals surface area contributed by atoms with Gasteiger partial charge in [-0.3, -0.25) is 9.59 Å². The van der Waals surface area contributed by atoms with Gasteiger partial charge in [-0.05, 0) is 49.2 Å². The average Bonchev–Trinajstić information content (AvgIpc) is 3.28. The fraction of sp³-hybridized carbons (Fsp3) is 0.200. The van der Waals surface area contributed by atoms with Crippen LogP contribution in [-0.4, -0.2) is 31.3 Å². The standard InChI is InChI=1S/C25H22N2O5/c1-16-25(29)27(12-11-17-5-3-2-4-6-17)20-9-8-19(14-22(20)32-16)26-24(28)18-7-10-21-23(13-18)31-15-30-21/h2-10,13-14,16H,11-12,15H2,1H3,(H,26,28). The van der Waals surface area contributed by atoms with Crippen LogP contribution in [0.3, 0.4) is 0 Å². The largest absolute Gasteiger partial charge is 0.479 e. The minimum atomic E-state index is -0.599. The highest BCUT2D eigenvalue weighted by molar-refractivity contribution is 6.05. The number of anilines is 2. The van der Waals surface area contributed by atoms with Crippen LogP contribution in [-0.2, 0) is 11.2 Å². The highest BCUT2D eigenvalue weighted by atomic mass is 16.7. The molecule has 7 nitrogen and oxygen atoms in total. The number of carbonyl (C=O) groups is 2. The molecular weight excluding hydrogens is 408 g/mol. The Kier molecular flexibility index (Phi) is 5.15. The second kappa shape index (κ2) is 8.26. The van der Waals surface area contributed by atoms with E-state index in [1.807, 2.05) is 30.3 Å². The van der Waals surface area contributed by atoms with Crippen molar-refractivity contribution >= 4 is 23.2 Å². The van der Waals surface area contributed by atoms with E-state index in [9.17, 15) is 9.59 Å². The number of ether oxygens (including phenoxy) is 3. The molecule has 0 aromatic heterocycles. The van der Waals surface area contributed by atoms with Gasteiger partial charge >= 0.3 is 0 Å². The van der Waals surface area contributed by atoms with Gasteiger partial charge in [0, 0.05) is 23.9 Å². The molecule has 2 aliphatic rings.